The van der Waals surface area contributed by atoms with Crippen LogP contribution in [0.4, 0.5) is 0 Å². The zero-order valence-electron chi connectivity index (χ0n) is 9.49. The van der Waals surface area contributed by atoms with Crippen molar-refractivity contribution in [3.63, 3.8) is 0 Å². The zero-order valence-corrected chi connectivity index (χ0v) is 10.3. The van der Waals surface area contributed by atoms with Gasteiger partial charge in [0.1, 0.15) is 0 Å². The van der Waals surface area contributed by atoms with E-state index in [-0.39, 0.29) is 0 Å². The first-order valence-corrected chi connectivity index (χ1v) is 5.95. The Hall–Kier alpha value is -0.590. The van der Waals surface area contributed by atoms with Crippen molar-refractivity contribution in [1.82, 2.24) is 20.4 Å². The van der Waals surface area contributed by atoms with Crippen LogP contribution in [-0.2, 0) is 0 Å². The molecule has 1 aromatic rings. The van der Waals surface area contributed by atoms with Gasteiger partial charge in [-0.15, -0.1) is 10.2 Å². The number of nitrogens with zero attached hydrogens (tertiary/aromatic N) is 3. The fourth-order valence-electron chi connectivity index (χ4n) is 0.975. The maximum absolute atomic E-state index is 5.23. The van der Waals surface area contributed by atoms with Crippen LogP contribution in [-0.4, -0.2) is 54.6 Å². The Bertz CT molecular complexity index is 277. The molecular formula is C9H18N4OS. The second kappa shape index (κ2) is 6.81. The molecule has 0 saturated carbocycles. The van der Waals surface area contributed by atoms with Crippen molar-refractivity contribution in [1.29, 1.82) is 0 Å². The second-order valence-electron chi connectivity index (χ2n) is 3.49. The molecule has 6 heteroatoms. The third-order valence-electron chi connectivity index (χ3n) is 1.75. The van der Waals surface area contributed by atoms with Crippen LogP contribution < -0.4 is 5.32 Å². The lowest BCUT2D eigenvalue weighted by Gasteiger charge is -2.09. The summed E-state index contributed by atoms with van der Waals surface area (Å²) >= 11 is 1.58. The van der Waals surface area contributed by atoms with Gasteiger partial charge in [0.05, 0.1) is 0 Å². The maximum Gasteiger partial charge on any atom is 0.276 e. The Morgan fingerprint density at radius 2 is 2.13 bits per heavy atom. The van der Waals surface area contributed by atoms with E-state index in [1.807, 2.05) is 0 Å². The van der Waals surface area contributed by atoms with Crippen molar-refractivity contribution < 1.29 is 4.42 Å². The van der Waals surface area contributed by atoms with Gasteiger partial charge in [-0.1, -0.05) is 11.8 Å². The van der Waals surface area contributed by atoms with Gasteiger partial charge in [0.15, 0.2) is 0 Å². The van der Waals surface area contributed by atoms with Crippen LogP contribution >= 0.6 is 11.8 Å². The third-order valence-corrected chi connectivity index (χ3v) is 2.57. The largest absolute Gasteiger partial charge is 0.416 e. The number of aryl methyl sites for hydroxylation is 1. The topological polar surface area (TPSA) is 54.2 Å². The van der Waals surface area contributed by atoms with E-state index in [0.29, 0.717) is 11.1 Å². The van der Waals surface area contributed by atoms with Gasteiger partial charge in [-0.3, -0.25) is 0 Å². The first kappa shape index (κ1) is 12.5. The number of aromatic nitrogens is 2. The van der Waals surface area contributed by atoms with Crippen molar-refractivity contribution in [2.45, 2.75) is 12.1 Å². The van der Waals surface area contributed by atoms with Crippen molar-refractivity contribution in [3.05, 3.63) is 5.89 Å². The highest BCUT2D eigenvalue weighted by Crippen LogP contribution is 2.14. The van der Waals surface area contributed by atoms with Gasteiger partial charge in [0.25, 0.3) is 5.22 Å². The quantitative estimate of drug-likeness (QED) is 0.547. The van der Waals surface area contributed by atoms with Crippen LogP contribution in [0, 0.1) is 6.92 Å². The van der Waals surface area contributed by atoms with E-state index in [2.05, 4.69) is 34.5 Å². The molecule has 0 aromatic carbocycles. The van der Waals surface area contributed by atoms with E-state index in [9.17, 15) is 0 Å². The Labute approximate surface area is 94.6 Å². The summed E-state index contributed by atoms with van der Waals surface area (Å²) in [5, 5.41) is 11.7. The normalized spacial score (nSPS) is 11.2. The standard InChI is InChI=1S/C9H18N4OS/c1-8-11-12-9(14-8)15-7-5-10-4-6-13(2)3/h10H,4-7H2,1-3H3. The molecule has 0 fully saturated rings. The van der Waals surface area contributed by atoms with Gasteiger partial charge in [0.2, 0.25) is 5.89 Å². The van der Waals surface area contributed by atoms with E-state index >= 15 is 0 Å². The van der Waals surface area contributed by atoms with Gasteiger partial charge in [-0.05, 0) is 14.1 Å². The van der Waals surface area contributed by atoms with Crippen LogP contribution in [0.25, 0.3) is 0 Å². The molecule has 0 spiro atoms. The number of hydrogen-bond donors (Lipinski definition) is 1. The lowest BCUT2D eigenvalue weighted by atomic mass is 10.5. The number of thioether (sulfide) groups is 1. The fraction of sp³-hybridized carbons (Fsp3) is 0.778. The molecule has 0 bridgehead atoms. The Kier molecular flexibility index (Phi) is 5.67. The van der Waals surface area contributed by atoms with Crippen molar-refractivity contribution in [2.24, 2.45) is 0 Å². The van der Waals surface area contributed by atoms with E-state index in [4.69, 9.17) is 4.42 Å². The molecule has 0 aliphatic rings. The molecule has 1 heterocycles. The van der Waals surface area contributed by atoms with Crippen LogP contribution in [0.5, 0.6) is 0 Å². The monoisotopic (exact) mass is 230 g/mol. The molecular weight excluding hydrogens is 212 g/mol. The van der Waals surface area contributed by atoms with Crippen LogP contribution in [0.3, 0.4) is 0 Å². The van der Waals surface area contributed by atoms with E-state index < -0.39 is 0 Å². The number of nitrogens with one attached hydrogen (secondary N) is 1. The van der Waals surface area contributed by atoms with Gasteiger partial charge in [0, 0.05) is 32.3 Å². The van der Waals surface area contributed by atoms with Crippen LogP contribution in [0.2, 0.25) is 0 Å². The van der Waals surface area contributed by atoms with Gasteiger partial charge < -0.3 is 14.6 Å². The molecule has 0 radical (unpaired) electrons. The summed E-state index contributed by atoms with van der Waals surface area (Å²) in [6, 6.07) is 0. The fourth-order valence-corrected chi connectivity index (χ4v) is 1.67. The highest BCUT2D eigenvalue weighted by molar-refractivity contribution is 7.99. The Morgan fingerprint density at radius 3 is 2.73 bits per heavy atom. The summed E-state index contributed by atoms with van der Waals surface area (Å²) in [5.74, 6) is 1.58. The Morgan fingerprint density at radius 1 is 1.33 bits per heavy atom. The lowest BCUT2D eigenvalue weighted by Crippen LogP contribution is -2.27. The number of likely N-dealkylation sites (N-methyl/N-ethyl adjacent to an activating group) is 1. The molecule has 1 N–H and O–H groups in total. The van der Waals surface area contributed by atoms with E-state index in [1.165, 1.54) is 0 Å². The Balaban J connectivity index is 1.98. The molecule has 86 valence electrons. The minimum Gasteiger partial charge on any atom is -0.416 e. The molecule has 0 atom stereocenters. The number of rotatable bonds is 7. The summed E-state index contributed by atoms with van der Waals surface area (Å²) in [4.78, 5) is 2.15. The molecule has 15 heavy (non-hydrogen) atoms. The first-order valence-electron chi connectivity index (χ1n) is 4.97. The molecule has 0 amide bonds. The van der Waals surface area contributed by atoms with Gasteiger partial charge in [-0.2, -0.15) is 0 Å². The smallest absolute Gasteiger partial charge is 0.276 e. The molecule has 0 aliphatic carbocycles. The average molecular weight is 230 g/mol. The minimum absolute atomic E-state index is 0.623. The molecule has 0 aliphatic heterocycles. The van der Waals surface area contributed by atoms with Crippen molar-refractivity contribution >= 4 is 11.8 Å². The average Bonchev–Trinajstić information content (AvgIpc) is 2.57. The number of hydrogen-bond acceptors (Lipinski definition) is 6. The third kappa shape index (κ3) is 5.76. The van der Waals surface area contributed by atoms with Gasteiger partial charge >= 0.3 is 0 Å². The minimum atomic E-state index is 0.623. The van der Waals surface area contributed by atoms with Crippen LogP contribution in [0.15, 0.2) is 9.64 Å². The summed E-state index contributed by atoms with van der Waals surface area (Å²) < 4.78 is 5.23. The maximum atomic E-state index is 5.23. The molecule has 1 rings (SSSR count). The highest BCUT2D eigenvalue weighted by Gasteiger charge is 2.01. The summed E-state index contributed by atoms with van der Waals surface area (Å²) in [6.07, 6.45) is 0. The van der Waals surface area contributed by atoms with Crippen molar-refractivity contribution in [3.8, 4) is 0 Å². The highest BCUT2D eigenvalue weighted by atomic mass is 32.2. The van der Waals surface area contributed by atoms with Crippen LogP contribution in [0.1, 0.15) is 5.89 Å². The zero-order chi connectivity index (χ0) is 11.1. The SMILES string of the molecule is Cc1nnc(SCCNCCN(C)C)o1. The van der Waals surface area contributed by atoms with Crippen molar-refractivity contribution in [2.75, 3.05) is 39.5 Å². The molecule has 5 nitrogen and oxygen atoms in total. The van der Waals surface area contributed by atoms with E-state index in [0.717, 1.165) is 25.4 Å². The molecule has 1 aromatic heterocycles. The predicted molar refractivity (Wildman–Crippen MR) is 61.2 cm³/mol. The molecule has 0 unspecified atom stereocenters. The van der Waals surface area contributed by atoms with E-state index in [1.54, 1.807) is 18.7 Å². The summed E-state index contributed by atoms with van der Waals surface area (Å²) in [6.45, 7) is 4.83. The predicted octanol–water partition coefficient (Wildman–Crippen LogP) is 0.621. The van der Waals surface area contributed by atoms with Gasteiger partial charge in [-0.25, -0.2) is 0 Å². The second-order valence-corrected chi connectivity index (χ2v) is 4.53. The molecule has 0 saturated heterocycles. The summed E-state index contributed by atoms with van der Waals surface area (Å²) in [5.41, 5.74) is 0. The lowest BCUT2D eigenvalue weighted by molar-refractivity contribution is 0.402. The first-order chi connectivity index (χ1) is 7.18. The summed E-state index contributed by atoms with van der Waals surface area (Å²) in [7, 11) is 4.13.